The normalized spacial score (nSPS) is 29.4. The Morgan fingerprint density at radius 1 is 1.47 bits per heavy atom. The first-order valence-electron chi connectivity index (χ1n) is 6.04. The summed E-state index contributed by atoms with van der Waals surface area (Å²) in [4.78, 5) is 4.90. The quantitative estimate of drug-likeness (QED) is 0.688. The Morgan fingerprint density at radius 3 is 2.87 bits per heavy atom. The molecule has 2 rings (SSSR count). The van der Waals surface area contributed by atoms with E-state index < -0.39 is 0 Å². The van der Waals surface area contributed by atoms with Gasteiger partial charge in [0.15, 0.2) is 0 Å². The second-order valence-electron chi connectivity index (χ2n) is 4.64. The van der Waals surface area contributed by atoms with Crippen LogP contribution in [0.25, 0.3) is 0 Å². The van der Waals surface area contributed by atoms with Crippen LogP contribution in [0.15, 0.2) is 0 Å². The largest absolute Gasteiger partial charge is 0.374 e. The number of nitrogens with zero attached hydrogens (tertiary/aromatic N) is 2. The summed E-state index contributed by atoms with van der Waals surface area (Å²) in [5.74, 6) is 0. The third-order valence-corrected chi connectivity index (χ3v) is 3.55. The number of hydrogen-bond donors (Lipinski definition) is 1. The van der Waals surface area contributed by atoms with Gasteiger partial charge in [0.1, 0.15) is 0 Å². The van der Waals surface area contributed by atoms with Crippen molar-refractivity contribution in [1.82, 2.24) is 15.1 Å². The summed E-state index contributed by atoms with van der Waals surface area (Å²) in [6.07, 6.45) is 0.407. The molecule has 15 heavy (non-hydrogen) atoms. The average molecular weight is 213 g/mol. The molecule has 2 aliphatic rings. The fourth-order valence-corrected chi connectivity index (χ4v) is 2.23. The number of likely N-dealkylation sites (N-methyl/N-ethyl adjacent to an activating group) is 2. The van der Waals surface area contributed by atoms with Crippen molar-refractivity contribution in [2.24, 2.45) is 0 Å². The minimum Gasteiger partial charge on any atom is -0.374 e. The first kappa shape index (κ1) is 11.3. The molecule has 2 saturated heterocycles. The fourth-order valence-electron chi connectivity index (χ4n) is 2.23. The van der Waals surface area contributed by atoms with E-state index in [9.17, 15) is 0 Å². The van der Waals surface area contributed by atoms with Gasteiger partial charge in [-0.05, 0) is 13.6 Å². The molecule has 0 spiro atoms. The Bertz CT molecular complexity index is 196. The SMILES string of the molecule is CCN1CCOC(CN(C)C2CNC2)C1. The topological polar surface area (TPSA) is 27.7 Å². The predicted molar refractivity (Wildman–Crippen MR) is 61.1 cm³/mol. The van der Waals surface area contributed by atoms with E-state index in [1.54, 1.807) is 0 Å². The number of hydrogen-bond acceptors (Lipinski definition) is 4. The zero-order chi connectivity index (χ0) is 10.7. The Labute approximate surface area is 92.6 Å². The molecular weight excluding hydrogens is 190 g/mol. The van der Waals surface area contributed by atoms with Crippen LogP contribution in [0.4, 0.5) is 0 Å². The molecule has 2 aliphatic heterocycles. The summed E-state index contributed by atoms with van der Waals surface area (Å²) in [5.41, 5.74) is 0. The molecule has 0 aromatic heterocycles. The maximum atomic E-state index is 5.80. The van der Waals surface area contributed by atoms with Crippen LogP contribution in [-0.4, -0.2) is 74.9 Å². The molecule has 88 valence electrons. The van der Waals surface area contributed by atoms with E-state index in [0.29, 0.717) is 6.10 Å². The van der Waals surface area contributed by atoms with Gasteiger partial charge in [-0.2, -0.15) is 0 Å². The summed E-state index contributed by atoms with van der Waals surface area (Å²) in [7, 11) is 2.21. The lowest BCUT2D eigenvalue weighted by Crippen LogP contribution is -2.58. The average Bonchev–Trinajstić information content (AvgIpc) is 2.15. The maximum absolute atomic E-state index is 5.80. The van der Waals surface area contributed by atoms with Gasteiger partial charge in [-0.25, -0.2) is 0 Å². The molecule has 1 atom stereocenters. The van der Waals surface area contributed by atoms with Gasteiger partial charge in [-0.1, -0.05) is 6.92 Å². The fraction of sp³-hybridized carbons (Fsp3) is 1.00. The van der Waals surface area contributed by atoms with Crippen molar-refractivity contribution in [3.8, 4) is 0 Å². The first-order valence-corrected chi connectivity index (χ1v) is 6.04. The van der Waals surface area contributed by atoms with Crippen LogP contribution < -0.4 is 5.32 Å². The molecule has 0 aromatic carbocycles. The summed E-state index contributed by atoms with van der Waals surface area (Å²) in [5, 5.41) is 3.31. The molecule has 0 bridgehead atoms. The van der Waals surface area contributed by atoms with Crippen LogP contribution in [0.1, 0.15) is 6.92 Å². The van der Waals surface area contributed by atoms with Gasteiger partial charge in [0, 0.05) is 38.8 Å². The van der Waals surface area contributed by atoms with Crippen LogP contribution in [-0.2, 0) is 4.74 Å². The zero-order valence-corrected chi connectivity index (χ0v) is 9.91. The van der Waals surface area contributed by atoms with Crippen LogP contribution in [0, 0.1) is 0 Å². The second kappa shape index (κ2) is 5.25. The minimum atomic E-state index is 0.407. The van der Waals surface area contributed by atoms with Crippen LogP contribution in [0.2, 0.25) is 0 Å². The summed E-state index contributed by atoms with van der Waals surface area (Å²) in [6, 6.07) is 0.727. The van der Waals surface area contributed by atoms with E-state index in [1.807, 2.05) is 0 Å². The monoisotopic (exact) mass is 213 g/mol. The number of ether oxygens (including phenoxy) is 1. The van der Waals surface area contributed by atoms with E-state index in [4.69, 9.17) is 4.74 Å². The standard InChI is InChI=1S/C11H23N3O/c1-3-14-4-5-15-11(9-14)8-13(2)10-6-12-7-10/h10-12H,3-9H2,1-2H3. The molecule has 0 amide bonds. The van der Waals surface area contributed by atoms with Crippen molar-refractivity contribution in [3.63, 3.8) is 0 Å². The van der Waals surface area contributed by atoms with Crippen molar-refractivity contribution >= 4 is 0 Å². The molecule has 0 radical (unpaired) electrons. The lowest BCUT2D eigenvalue weighted by atomic mass is 10.1. The van der Waals surface area contributed by atoms with Crippen molar-refractivity contribution in [3.05, 3.63) is 0 Å². The van der Waals surface area contributed by atoms with Crippen molar-refractivity contribution < 1.29 is 4.74 Å². The molecule has 1 unspecified atom stereocenters. The predicted octanol–water partition coefficient (Wildman–Crippen LogP) is -0.389. The molecular formula is C11H23N3O. The van der Waals surface area contributed by atoms with Crippen molar-refractivity contribution in [1.29, 1.82) is 0 Å². The summed E-state index contributed by atoms with van der Waals surface area (Å²) < 4.78 is 5.80. The van der Waals surface area contributed by atoms with Gasteiger partial charge in [-0.15, -0.1) is 0 Å². The highest BCUT2D eigenvalue weighted by molar-refractivity contribution is 4.85. The molecule has 0 aromatic rings. The van der Waals surface area contributed by atoms with Crippen molar-refractivity contribution in [2.45, 2.75) is 19.1 Å². The Balaban J connectivity index is 1.72. The van der Waals surface area contributed by atoms with Crippen LogP contribution in [0.3, 0.4) is 0 Å². The molecule has 0 saturated carbocycles. The molecule has 0 aliphatic carbocycles. The van der Waals surface area contributed by atoms with E-state index >= 15 is 0 Å². The molecule has 4 heteroatoms. The number of morpholine rings is 1. The lowest BCUT2D eigenvalue weighted by molar-refractivity contribution is -0.0458. The van der Waals surface area contributed by atoms with Gasteiger partial charge in [0.2, 0.25) is 0 Å². The third-order valence-electron chi connectivity index (χ3n) is 3.55. The van der Waals surface area contributed by atoms with Crippen LogP contribution in [0.5, 0.6) is 0 Å². The smallest absolute Gasteiger partial charge is 0.0829 e. The highest BCUT2D eigenvalue weighted by atomic mass is 16.5. The van der Waals surface area contributed by atoms with Gasteiger partial charge in [0.25, 0.3) is 0 Å². The summed E-state index contributed by atoms with van der Waals surface area (Å²) in [6.45, 7) is 9.82. The van der Waals surface area contributed by atoms with E-state index in [2.05, 4.69) is 29.1 Å². The van der Waals surface area contributed by atoms with Crippen molar-refractivity contribution in [2.75, 3.05) is 52.9 Å². The Morgan fingerprint density at radius 2 is 2.27 bits per heavy atom. The zero-order valence-electron chi connectivity index (χ0n) is 9.91. The number of rotatable bonds is 4. The van der Waals surface area contributed by atoms with Crippen LogP contribution >= 0.6 is 0 Å². The van der Waals surface area contributed by atoms with Gasteiger partial charge in [0.05, 0.1) is 12.7 Å². The van der Waals surface area contributed by atoms with E-state index in [-0.39, 0.29) is 0 Å². The lowest BCUT2D eigenvalue weighted by Gasteiger charge is -2.39. The molecule has 1 N–H and O–H groups in total. The summed E-state index contributed by atoms with van der Waals surface area (Å²) >= 11 is 0. The maximum Gasteiger partial charge on any atom is 0.0829 e. The van der Waals surface area contributed by atoms with E-state index in [1.165, 1.54) is 0 Å². The van der Waals surface area contributed by atoms with E-state index in [0.717, 1.165) is 51.9 Å². The molecule has 2 heterocycles. The van der Waals surface area contributed by atoms with Gasteiger partial charge >= 0.3 is 0 Å². The Hall–Kier alpha value is -0.160. The van der Waals surface area contributed by atoms with Gasteiger partial charge < -0.3 is 10.1 Å². The third kappa shape index (κ3) is 2.91. The minimum absolute atomic E-state index is 0.407. The van der Waals surface area contributed by atoms with Gasteiger partial charge in [-0.3, -0.25) is 9.80 Å². The molecule has 2 fully saturated rings. The number of nitrogens with one attached hydrogen (secondary N) is 1. The first-order chi connectivity index (χ1) is 7.29. The highest BCUT2D eigenvalue weighted by Crippen LogP contribution is 2.09. The molecule has 4 nitrogen and oxygen atoms in total. The second-order valence-corrected chi connectivity index (χ2v) is 4.64. The Kier molecular flexibility index (Phi) is 3.97. The highest BCUT2D eigenvalue weighted by Gasteiger charge is 2.26.